The molecule has 0 bridgehead atoms. The summed E-state index contributed by atoms with van der Waals surface area (Å²) in [6, 6.07) is 7.07. The van der Waals surface area contributed by atoms with Crippen LogP contribution in [0, 0.1) is 5.92 Å². The van der Waals surface area contributed by atoms with Gasteiger partial charge in [0, 0.05) is 44.3 Å². The number of carbonyl (C=O) groups excluding carboxylic acids is 2. The fourth-order valence-electron chi connectivity index (χ4n) is 3.60. The number of hydrogen-bond acceptors (Lipinski definition) is 5. The second-order valence-corrected chi connectivity index (χ2v) is 7.83. The molecule has 0 unspecified atom stereocenters. The Balaban J connectivity index is 1.94. The number of benzene rings is 1. The summed E-state index contributed by atoms with van der Waals surface area (Å²) >= 11 is 6.00. The molecule has 2 amide bonds. The van der Waals surface area contributed by atoms with Gasteiger partial charge < -0.3 is 10.0 Å². The molecule has 1 aromatic carbocycles. The van der Waals surface area contributed by atoms with Gasteiger partial charge in [-0.3, -0.25) is 19.4 Å². The van der Waals surface area contributed by atoms with Crippen LogP contribution in [0.15, 0.2) is 30.0 Å². The number of rotatable bonds is 6. The van der Waals surface area contributed by atoms with Crippen LogP contribution < -0.4 is 0 Å². The maximum absolute atomic E-state index is 13.1. The van der Waals surface area contributed by atoms with Crippen LogP contribution in [0.5, 0.6) is 0 Å². The zero-order valence-corrected chi connectivity index (χ0v) is 16.6. The number of carbonyl (C=O) groups is 2. The summed E-state index contributed by atoms with van der Waals surface area (Å²) in [5.41, 5.74) is 1.68. The summed E-state index contributed by atoms with van der Waals surface area (Å²) in [6.07, 6.45) is 0. The van der Waals surface area contributed by atoms with Gasteiger partial charge in [-0.05, 0) is 23.6 Å². The third-order valence-electron chi connectivity index (χ3n) is 4.93. The number of β-amino-alcohol motifs (C(OH)–C–C–N with tert-alkyl or cyclic N) is 1. The third-order valence-corrected chi connectivity index (χ3v) is 5.18. The summed E-state index contributed by atoms with van der Waals surface area (Å²) in [7, 11) is 0. The lowest BCUT2D eigenvalue weighted by Crippen LogP contribution is -2.48. The first-order chi connectivity index (χ1) is 12.9. The molecule has 7 heteroatoms. The Morgan fingerprint density at radius 3 is 2.22 bits per heavy atom. The Bertz CT molecular complexity index is 737. The van der Waals surface area contributed by atoms with E-state index in [4.69, 9.17) is 16.7 Å². The molecule has 3 rings (SSSR count). The quantitative estimate of drug-likeness (QED) is 0.747. The summed E-state index contributed by atoms with van der Waals surface area (Å²) in [5, 5.41) is 9.72. The van der Waals surface area contributed by atoms with Gasteiger partial charge in [-0.1, -0.05) is 37.6 Å². The van der Waals surface area contributed by atoms with Gasteiger partial charge in [-0.25, -0.2) is 0 Å². The number of hydrogen-bond donors (Lipinski definition) is 1. The van der Waals surface area contributed by atoms with Crippen molar-refractivity contribution < 1.29 is 14.7 Å². The molecule has 0 atom stereocenters. The van der Waals surface area contributed by atoms with Gasteiger partial charge in [0.2, 0.25) is 0 Å². The van der Waals surface area contributed by atoms with Gasteiger partial charge in [0.25, 0.3) is 11.8 Å². The standard InChI is InChI=1S/C20H26ClN3O3/c1-14(2)13-24-19(26)17(15-3-5-16(21)6-4-15)18(20(24)27)23-9-7-22(8-10-23)11-12-25/h3-6,14,25H,7-13H2,1-2H3. The zero-order valence-electron chi connectivity index (χ0n) is 15.8. The van der Waals surface area contributed by atoms with Crippen molar-refractivity contribution in [2.45, 2.75) is 13.8 Å². The topological polar surface area (TPSA) is 64.1 Å². The number of aliphatic hydroxyl groups is 1. The summed E-state index contributed by atoms with van der Waals surface area (Å²) in [6.45, 7) is 7.96. The van der Waals surface area contributed by atoms with E-state index in [0.717, 1.165) is 18.7 Å². The van der Waals surface area contributed by atoms with Crippen LogP contribution in [0.25, 0.3) is 5.57 Å². The van der Waals surface area contributed by atoms with Crippen molar-refractivity contribution in [1.29, 1.82) is 0 Å². The lowest BCUT2D eigenvalue weighted by atomic mass is 10.0. The first-order valence-electron chi connectivity index (χ1n) is 9.37. The van der Waals surface area contributed by atoms with Crippen LogP contribution in [0.4, 0.5) is 0 Å². The van der Waals surface area contributed by atoms with E-state index in [1.165, 1.54) is 4.90 Å². The number of aliphatic hydroxyl groups excluding tert-OH is 1. The van der Waals surface area contributed by atoms with E-state index in [-0.39, 0.29) is 24.3 Å². The van der Waals surface area contributed by atoms with Gasteiger partial charge in [-0.2, -0.15) is 0 Å². The minimum Gasteiger partial charge on any atom is -0.395 e. The predicted molar refractivity (Wildman–Crippen MR) is 105 cm³/mol. The Morgan fingerprint density at radius 2 is 1.67 bits per heavy atom. The maximum atomic E-state index is 13.1. The van der Waals surface area contributed by atoms with E-state index < -0.39 is 0 Å². The second kappa shape index (κ2) is 8.42. The molecule has 0 aliphatic carbocycles. The van der Waals surface area contributed by atoms with Gasteiger partial charge in [0.15, 0.2) is 0 Å². The Labute approximate surface area is 165 Å². The zero-order chi connectivity index (χ0) is 19.6. The van der Waals surface area contributed by atoms with Crippen molar-refractivity contribution in [1.82, 2.24) is 14.7 Å². The molecule has 1 saturated heterocycles. The van der Waals surface area contributed by atoms with Crippen LogP contribution in [0.3, 0.4) is 0 Å². The van der Waals surface area contributed by atoms with Crippen molar-refractivity contribution in [2.75, 3.05) is 45.9 Å². The Morgan fingerprint density at radius 1 is 1.04 bits per heavy atom. The largest absolute Gasteiger partial charge is 0.395 e. The normalized spacial score (nSPS) is 19.0. The first kappa shape index (κ1) is 19.9. The molecule has 2 heterocycles. The van der Waals surface area contributed by atoms with Crippen LogP contribution in [-0.4, -0.2) is 77.5 Å². The van der Waals surface area contributed by atoms with Crippen LogP contribution in [0.1, 0.15) is 19.4 Å². The Hall–Kier alpha value is -1.89. The molecule has 1 fully saturated rings. The smallest absolute Gasteiger partial charge is 0.277 e. The van der Waals surface area contributed by atoms with Crippen LogP contribution >= 0.6 is 11.6 Å². The molecule has 2 aliphatic rings. The number of halogens is 1. The number of nitrogens with zero attached hydrogens (tertiary/aromatic N) is 3. The van der Waals surface area contributed by atoms with E-state index in [0.29, 0.717) is 42.5 Å². The first-order valence-corrected chi connectivity index (χ1v) is 9.74. The monoisotopic (exact) mass is 391 g/mol. The summed E-state index contributed by atoms with van der Waals surface area (Å²) < 4.78 is 0. The molecule has 2 aliphatic heterocycles. The molecule has 0 radical (unpaired) electrons. The lowest BCUT2D eigenvalue weighted by Gasteiger charge is -2.36. The lowest BCUT2D eigenvalue weighted by molar-refractivity contribution is -0.138. The molecule has 0 spiro atoms. The SMILES string of the molecule is CC(C)CN1C(=O)C(c2ccc(Cl)cc2)=C(N2CCN(CCO)CC2)C1=O. The van der Waals surface area contributed by atoms with Crippen molar-refractivity contribution in [3.8, 4) is 0 Å². The minimum atomic E-state index is -0.233. The van der Waals surface area contributed by atoms with Crippen molar-refractivity contribution in [2.24, 2.45) is 5.92 Å². The highest BCUT2D eigenvalue weighted by Crippen LogP contribution is 2.33. The molecule has 1 N–H and O–H groups in total. The molecule has 146 valence electrons. The minimum absolute atomic E-state index is 0.123. The Kier molecular flexibility index (Phi) is 6.19. The van der Waals surface area contributed by atoms with Crippen LogP contribution in [-0.2, 0) is 9.59 Å². The van der Waals surface area contributed by atoms with E-state index in [9.17, 15) is 9.59 Å². The van der Waals surface area contributed by atoms with Gasteiger partial charge in [0.1, 0.15) is 5.70 Å². The van der Waals surface area contributed by atoms with Gasteiger partial charge in [-0.15, -0.1) is 0 Å². The molecule has 0 aromatic heterocycles. The van der Waals surface area contributed by atoms with Crippen molar-refractivity contribution in [3.05, 3.63) is 40.5 Å². The molecule has 27 heavy (non-hydrogen) atoms. The van der Waals surface area contributed by atoms with Crippen molar-refractivity contribution in [3.63, 3.8) is 0 Å². The van der Waals surface area contributed by atoms with Gasteiger partial charge in [0.05, 0.1) is 12.2 Å². The average molecular weight is 392 g/mol. The fraction of sp³-hybridized carbons (Fsp3) is 0.500. The van der Waals surface area contributed by atoms with Gasteiger partial charge >= 0.3 is 0 Å². The number of imide groups is 1. The summed E-state index contributed by atoms with van der Waals surface area (Å²) in [4.78, 5) is 31.8. The molecule has 0 saturated carbocycles. The molecular weight excluding hydrogens is 366 g/mol. The predicted octanol–water partition coefficient (Wildman–Crippen LogP) is 1.69. The van der Waals surface area contributed by atoms with E-state index in [2.05, 4.69) is 4.90 Å². The van der Waals surface area contributed by atoms with Crippen LogP contribution in [0.2, 0.25) is 5.02 Å². The highest BCUT2D eigenvalue weighted by Gasteiger charge is 2.42. The molecular formula is C20H26ClN3O3. The highest BCUT2D eigenvalue weighted by molar-refractivity contribution is 6.36. The van der Waals surface area contributed by atoms with E-state index >= 15 is 0 Å². The fourth-order valence-corrected chi connectivity index (χ4v) is 3.73. The molecule has 6 nitrogen and oxygen atoms in total. The number of piperazine rings is 1. The average Bonchev–Trinajstić information content (AvgIpc) is 2.88. The van der Waals surface area contributed by atoms with Crippen molar-refractivity contribution >= 4 is 29.0 Å². The highest BCUT2D eigenvalue weighted by atomic mass is 35.5. The van der Waals surface area contributed by atoms with E-state index in [1.807, 2.05) is 18.7 Å². The maximum Gasteiger partial charge on any atom is 0.277 e. The third kappa shape index (κ3) is 4.18. The molecule has 1 aromatic rings. The second-order valence-electron chi connectivity index (χ2n) is 7.40. The number of amides is 2. The summed E-state index contributed by atoms with van der Waals surface area (Å²) in [5.74, 6) is -0.247. The van der Waals surface area contributed by atoms with E-state index in [1.54, 1.807) is 24.3 Å².